The van der Waals surface area contributed by atoms with E-state index in [2.05, 4.69) is 273 Å². The molecular weight excluding hydrogens is 1220 g/mol. The Bertz CT molecular complexity index is 7390. The van der Waals surface area contributed by atoms with Crippen LogP contribution in [0.4, 0.5) is 0 Å². The highest BCUT2D eigenvalue weighted by Crippen LogP contribution is 2.54. The van der Waals surface area contributed by atoms with Gasteiger partial charge >= 0.3 is 0 Å². The summed E-state index contributed by atoms with van der Waals surface area (Å²) in [6, 6.07) is 109. The third-order valence-electron chi connectivity index (χ3n) is 21.8. The molecule has 100 heavy (non-hydrogen) atoms. The van der Waals surface area contributed by atoms with Crippen molar-refractivity contribution in [2.75, 3.05) is 0 Å². The van der Waals surface area contributed by atoms with Gasteiger partial charge in [0.15, 0.2) is 0 Å². The molecule has 8 heteroatoms. The van der Waals surface area contributed by atoms with Crippen LogP contribution in [0.1, 0.15) is 22.3 Å². The number of benzene rings is 16. The topological polar surface area (TPSA) is 115 Å². The van der Waals surface area contributed by atoms with Crippen LogP contribution in [0.2, 0.25) is 0 Å². The minimum Gasteiger partial charge on any atom is -0.309 e. The molecular formula is C92H46N8. The van der Waals surface area contributed by atoms with E-state index in [4.69, 9.17) is 0 Å². The zero-order valence-corrected chi connectivity index (χ0v) is 53.1. The van der Waals surface area contributed by atoms with Crippen LogP contribution in [0.25, 0.3) is 209 Å². The highest BCUT2D eigenvalue weighted by atomic mass is 15.0. The number of fused-ring (bicyclic) bond motifs is 22. The summed E-state index contributed by atoms with van der Waals surface area (Å²) in [5, 5.41) is 63.5. The molecule has 0 unspecified atom stereocenters. The van der Waals surface area contributed by atoms with E-state index in [-0.39, 0.29) is 0 Å². The van der Waals surface area contributed by atoms with Gasteiger partial charge in [0.1, 0.15) is 24.3 Å². The summed E-state index contributed by atoms with van der Waals surface area (Å²) in [5.74, 6) is 0. The summed E-state index contributed by atoms with van der Waals surface area (Å²) < 4.78 is 8.76. The third kappa shape index (κ3) is 7.02. The number of rotatable bonds is 5. The zero-order valence-electron chi connectivity index (χ0n) is 53.1. The number of para-hydroxylation sites is 3. The predicted octanol–water partition coefficient (Wildman–Crippen LogP) is 23.1. The summed E-state index contributed by atoms with van der Waals surface area (Å²) in [4.78, 5) is 0. The number of nitriles is 4. The first-order valence-corrected chi connectivity index (χ1v) is 33.5. The van der Waals surface area contributed by atoms with Gasteiger partial charge in [0.2, 0.25) is 0 Å². The molecule has 0 spiro atoms. The molecule has 0 atom stereocenters. The maximum atomic E-state index is 11.9. The summed E-state index contributed by atoms with van der Waals surface area (Å²) in [7, 11) is 0. The Morgan fingerprint density at radius 3 is 1.14 bits per heavy atom. The number of nitrogens with zero attached hydrogens (tertiary/aromatic N) is 8. The van der Waals surface area contributed by atoms with Gasteiger partial charge in [-0.25, -0.2) is 0 Å². The van der Waals surface area contributed by atoms with Gasteiger partial charge in [0, 0.05) is 65.2 Å². The fourth-order valence-corrected chi connectivity index (χ4v) is 17.8. The van der Waals surface area contributed by atoms with E-state index in [1.54, 1.807) is 0 Å². The Labute approximate surface area is 570 Å². The van der Waals surface area contributed by atoms with Gasteiger partial charge in [-0.3, -0.25) is 0 Å². The first-order chi connectivity index (χ1) is 49.4. The average molecular weight is 1260 g/mol. The van der Waals surface area contributed by atoms with Gasteiger partial charge in [-0.05, 0) is 179 Å². The normalized spacial score (nSPS) is 12.2. The van der Waals surface area contributed by atoms with Crippen LogP contribution in [-0.4, -0.2) is 18.3 Å². The molecule has 2 aliphatic carbocycles. The Kier molecular flexibility index (Phi) is 10.6. The summed E-state index contributed by atoms with van der Waals surface area (Å²) >= 11 is 0. The summed E-state index contributed by atoms with van der Waals surface area (Å²) in [5.41, 5.74) is 22.9. The quantitative estimate of drug-likeness (QED) is 0.171. The van der Waals surface area contributed by atoms with Crippen LogP contribution >= 0.6 is 0 Å². The van der Waals surface area contributed by atoms with Crippen molar-refractivity contribution in [3.63, 3.8) is 0 Å². The Morgan fingerprint density at radius 1 is 0.210 bits per heavy atom. The molecule has 0 amide bonds. The lowest BCUT2D eigenvalue weighted by molar-refractivity contribution is 1.12. The van der Waals surface area contributed by atoms with Gasteiger partial charge in [-0.1, -0.05) is 188 Å². The Balaban J connectivity index is 0.754. The second-order valence-electron chi connectivity index (χ2n) is 26.7. The summed E-state index contributed by atoms with van der Waals surface area (Å²) in [6.07, 6.45) is 0. The molecule has 8 nitrogen and oxygen atoms in total. The van der Waals surface area contributed by atoms with Crippen molar-refractivity contribution < 1.29 is 0 Å². The van der Waals surface area contributed by atoms with Crippen LogP contribution in [0.15, 0.2) is 279 Å². The molecule has 0 radical (unpaired) electrons. The molecule has 0 bridgehead atoms. The number of hydrogen-bond donors (Lipinski definition) is 0. The van der Waals surface area contributed by atoms with Crippen molar-refractivity contribution in [1.82, 2.24) is 18.3 Å². The van der Waals surface area contributed by atoms with E-state index in [9.17, 15) is 21.0 Å². The SMILES string of the molecule is N#Cc1cc(-n2c3ccccc3c3cc4ccccc4cc32)cc(C#N)c1-n1c2ccccc2c2cc3ccc(-c4ccc5c6cc7c8c(cccc8c6n(-c6c(C#N)cc(-n8c9ccccc9c9cc%10c%11c(cccc%11c98)-c8ccccc8-%10)cc6C#N)c5c4)-c4ccccc4-7)cc3cc21. The van der Waals surface area contributed by atoms with Gasteiger partial charge in [0.25, 0.3) is 0 Å². The second-order valence-corrected chi connectivity index (χ2v) is 26.7. The molecule has 2 aliphatic rings. The van der Waals surface area contributed by atoms with Crippen molar-refractivity contribution in [3.05, 3.63) is 301 Å². The fourth-order valence-electron chi connectivity index (χ4n) is 17.8. The van der Waals surface area contributed by atoms with Crippen LogP contribution in [0.5, 0.6) is 0 Å². The van der Waals surface area contributed by atoms with Crippen LogP contribution in [-0.2, 0) is 0 Å². The van der Waals surface area contributed by atoms with E-state index in [0.717, 1.165) is 159 Å². The van der Waals surface area contributed by atoms with E-state index >= 15 is 0 Å². The van der Waals surface area contributed by atoms with E-state index in [0.29, 0.717) is 33.6 Å². The lowest BCUT2D eigenvalue weighted by Crippen LogP contribution is -2.05. The van der Waals surface area contributed by atoms with Crippen LogP contribution in [0.3, 0.4) is 0 Å². The first-order valence-electron chi connectivity index (χ1n) is 33.5. The standard InChI is InChI=1S/C92H46N8/c93-47-57-36-61(97-81-28-10-7-21-67(81)75-40-51-15-1-2-16-52(51)42-85(75)97)37-58(48-94)89(57)99-83-30-12-8-22-68(83)76-41-54-32-31-53(35-56(54)44-86(76)99)55-33-34-70-80-46-78-66-20-6-4-18-64(66)72-25-14-27-74(88(72)78)92(80)100(84(70)43-55)90-59(49-95)38-62(39-60(90)50-96)98-82-29-11-9-23-69(82)79-45-77-65-19-5-3-17-63(65)71-24-13-26-73(87(71)77)91(79)98/h1-46H. The molecule has 16 aromatic carbocycles. The highest BCUT2D eigenvalue weighted by molar-refractivity contribution is 6.30. The van der Waals surface area contributed by atoms with E-state index < -0.39 is 0 Å². The minimum atomic E-state index is 0.369. The van der Waals surface area contributed by atoms with Crippen molar-refractivity contribution in [1.29, 1.82) is 21.0 Å². The van der Waals surface area contributed by atoms with Crippen LogP contribution in [0, 0.1) is 45.3 Å². The molecule has 4 aromatic heterocycles. The predicted molar refractivity (Wildman–Crippen MR) is 407 cm³/mol. The monoisotopic (exact) mass is 1260 g/mol. The molecule has 0 N–H and O–H groups in total. The maximum absolute atomic E-state index is 11.9. The molecule has 0 aliphatic heterocycles. The van der Waals surface area contributed by atoms with Crippen molar-refractivity contribution in [2.24, 2.45) is 0 Å². The summed E-state index contributed by atoms with van der Waals surface area (Å²) in [6.45, 7) is 0. The number of aromatic nitrogens is 4. The van der Waals surface area contributed by atoms with E-state index in [1.807, 2.05) is 48.5 Å². The third-order valence-corrected chi connectivity index (χ3v) is 21.8. The molecule has 0 saturated heterocycles. The molecule has 22 rings (SSSR count). The van der Waals surface area contributed by atoms with Gasteiger partial charge in [0.05, 0.1) is 77.8 Å². The lowest BCUT2D eigenvalue weighted by atomic mass is 9.97. The average Bonchev–Trinajstić information content (AvgIpc) is 1.58. The van der Waals surface area contributed by atoms with Crippen molar-refractivity contribution in [3.8, 4) is 103 Å². The van der Waals surface area contributed by atoms with Crippen LogP contribution < -0.4 is 0 Å². The van der Waals surface area contributed by atoms with Crippen molar-refractivity contribution >= 4 is 130 Å². The largest absolute Gasteiger partial charge is 0.309 e. The first kappa shape index (κ1) is 54.0. The Hall–Kier alpha value is -14.3. The fraction of sp³-hybridized carbons (Fsp3) is 0. The molecule has 0 saturated carbocycles. The van der Waals surface area contributed by atoms with E-state index in [1.165, 1.54) is 38.8 Å². The smallest absolute Gasteiger partial charge is 0.101 e. The number of hydrogen-bond acceptors (Lipinski definition) is 4. The van der Waals surface area contributed by atoms with Gasteiger partial charge in [-0.15, -0.1) is 0 Å². The van der Waals surface area contributed by atoms with Gasteiger partial charge in [-0.2, -0.15) is 21.0 Å². The second kappa shape index (κ2) is 19.7. The lowest BCUT2D eigenvalue weighted by Gasteiger charge is -2.17. The molecule has 4 heterocycles. The Morgan fingerprint density at radius 2 is 0.580 bits per heavy atom. The molecule has 454 valence electrons. The van der Waals surface area contributed by atoms with Gasteiger partial charge < -0.3 is 18.3 Å². The zero-order chi connectivity index (χ0) is 65.9. The maximum Gasteiger partial charge on any atom is 0.101 e. The highest BCUT2D eigenvalue weighted by Gasteiger charge is 2.31. The van der Waals surface area contributed by atoms with Crippen molar-refractivity contribution in [2.45, 2.75) is 0 Å². The minimum absolute atomic E-state index is 0.369. The molecule has 20 aromatic rings. The molecule has 0 fully saturated rings.